The summed E-state index contributed by atoms with van der Waals surface area (Å²) in [6, 6.07) is 10.2. The van der Waals surface area contributed by atoms with Crippen molar-refractivity contribution in [1.29, 1.82) is 5.26 Å². The number of ether oxygens (including phenoxy) is 1. The molecule has 1 atom stereocenters. The van der Waals surface area contributed by atoms with Crippen molar-refractivity contribution in [3.05, 3.63) is 40.8 Å². The molecule has 4 nitrogen and oxygen atoms in total. The molecule has 1 heterocycles. The Kier molecular flexibility index (Phi) is 5.39. The third-order valence-corrected chi connectivity index (χ3v) is 3.76. The van der Waals surface area contributed by atoms with Crippen molar-refractivity contribution in [3.8, 4) is 11.8 Å². The summed E-state index contributed by atoms with van der Waals surface area (Å²) in [6.45, 7) is 2.68. The molecular formula is C15H17N3OS. The molecule has 0 saturated carbocycles. The van der Waals surface area contributed by atoms with Gasteiger partial charge in [0.1, 0.15) is 5.75 Å². The van der Waals surface area contributed by atoms with Gasteiger partial charge in [-0.15, -0.1) is 11.3 Å². The second-order valence-corrected chi connectivity index (χ2v) is 5.33. The van der Waals surface area contributed by atoms with Crippen LogP contribution >= 0.6 is 11.3 Å². The molecule has 1 N–H and O–H groups in total. The average Bonchev–Trinajstić information content (AvgIpc) is 2.98. The van der Waals surface area contributed by atoms with Crippen LogP contribution in [0.5, 0.6) is 5.75 Å². The largest absolute Gasteiger partial charge is 0.493 e. The minimum Gasteiger partial charge on any atom is -0.493 e. The highest BCUT2D eigenvalue weighted by molar-refractivity contribution is 7.09. The van der Waals surface area contributed by atoms with E-state index >= 15 is 0 Å². The second kappa shape index (κ2) is 7.51. The molecule has 1 unspecified atom stereocenters. The summed E-state index contributed by atoms with van der Waals surface area (Å²) in [7, 11) is 0. The number of hydrogen-bond acceptors (Lipinski definition) is 5. The van der Waals surface area contributed by atoms with Gasteiger partial charge < -0.3 is 10.1 Å². The Bertz CT molecular complexity index is 563. The standard InChI is InChI=1S/C15H17N3OS/c1-12(15-10-17-11-20-15)18-13-5-4-6-14(9-13)19-8-3-2-7-16/h4-6,9-12,18H,2-3,8H2,1H3. The van der Waals surface area contributed by atoms with Crippen molar-refractivity contribution in [2.75, 3.05) is 11.9 Å². The molecule has 0 fully saturated rings. The lowest BCUT2D eigenvalue weighted by Gasteiger charge is -2.14. The molecule has 1 aromatic heterocycles. The summed E-state index contributed by atoms with van der Waals surface area (Å²) in [5, 5.41) is 11.9. The molecule has 104 valence electrons. The quantitative estimate of drug-likeness (QED) is 0.782. The fourth-order valence-electron chi connectivity index (χ4n) is 1.78. The van der Waals surface area contributed by atoms with Crippen LogP contribution in [0.1, 0.15) is 30.7 Å². The van der Waals surface area contributed by atoms with Gasteiger partial charge in [-0.2, -0.15) is 5.26 Å². The number of aromatic nitrogens is 1. The number of anilines is 1. The summed E-state index contributed by atoms with van der Waals surface area (Å²) >= 11 is 1.64. The number of benzene rings is 1. The van der Waals surface area contributed by atoms with Gasteiger partial charge in [-0.1, -0.05) is 6.07 Å². The Morgan fingerprint density at radius 2 is 2.40 bits per heavy atom. The first-order valence-electron chi connectivity index (χ1n) is 6.54. The van der Waals surface area contributed by atoms with Crippen LogP contribution in [0.3, 0.4) is 0 Å². The van der Waals surface area contributed by atoms with Gasteiger partial charge in [0.25, 0.3) is 0 Å². The minimum atomic E-state index is 0.219. The number of thiazole rings is 1. The van der Waals surface area contributed by atoms with Gasteiger partial charge in [-0.05, 0) is 25.5 Å². The van der Waals surface area contributed by atoms with E-state index in [1.54, 1.807) is 11.3 Å². The van der Waals surface area contributed by atoms with E-state index < -0.39 is 0 Å². The van der Waals surface area contributed by atoms with Gasteiger partial charge in [-0.25, -0.2) is 0 Å². The summed E-state index contributed by atoms with van der Waals surface area (Å²) < 4.78 is 5.62. The van der Waals surface area contributed by atoms with Crippen molar-refractivity contribution < 1.29 is 4.74 Å². The second-order valence-electron chi connectivity index (χ2n) is 4.41. The average molecular weight is 287 g/mol. The smallest absolute Gasteiger partial charge is 0.121 e. The molecule has 2 rings (SSSR count). The molecule has 0 amide bonds. The predicted octanol–water partition coefficient (Wildman–Crippen LogP) is 4.00. The highest BCUT2D eigenvalue weighted by Crippen LogP contribution is 2.24. The van der Waals surface area contributed by atoms with Crippen molar-refractivity contribution in [2.45, 2.75) is 25.8 Å². The van der Waals surface area contributed by atoms with Crippen LogP contribution in [-0.4, -0.2) is 11.6 Å². The van der Waals surface area contributed by atoms with Crippen LogP contribution in [0.2, 0.25) is 0 Å². The lowest BCUT2D eigenvalue weighted by Crippen LogP contribution is -2.05. The maximum Gasteiger partial charge on any atom is 0.121 e. The number of nitrogens with one attached hydrogen (secondary N) is 1. The van der Waals surface area contributed by atoms with E-state index in [1.165, 1.54) is 4.88 Å². The van der Waals surface area contributed by atoms with E-state index in [0.717, 1.165) is 17.9 Å². The Labute approximate surface area is 123 Å². The van der Waals surface area contributed by atoms with E-state index in [4.69, 9.17) is 10.00 Å². The zero-order valence-electron chi connectivity index (χ0n) is 11.4. The molecule has 0 spiro atoms. The Balaban J connectivity index is 1.91. The maximum absolute atomic E-state index is 8.48. The Morgan fingerprint density at radius 3 is 3.15 bits per heavy atom. The number of rotatable bonds is 7. The van der Waals surface area contributed by atoms with E-state index in [-0.39, 0.29) is 6.04 Å². The molecule has 0 aliphatic heterocycles. The fraction of sp³-hybridized carbons (Fsp3) is 0.333. The van der Waals surface area contributed by atoms with Gasteiger partial charge in [0, 0.05) is 29.2 Å². The van der Waals surface area contributed by atoms with Crippen molar-refractivity contribution >= 4 is 17.0 Å². The lowest BCUT2D eigenvalue weighted by atomic mass is 10.2. The zero-order chi connectivity index (χ0) is 14.2. The molecule has 0 bridgehead atoms. The molecule has 20 heavy (non-hydrogen) atoms. The maximum atomic E-state index is 8.48. The van der Waals surface area contributed by atoms with Crippen LogP contribution in [0, 0.1) is 11.3 Å². The number of unbranched alkanes of at least 4 members (excludes halogenated alkanes) is 1. The number of nitrogens with zero attached hydrogens (tertiary/aromatic N) is 2. The van der Waals surface area contributed by atoms with E-state index in [0.29, 0.717) is 13.0 Å². The molecule has 2 aromatic rings. The molecule has 5 heteroatoms. The summed E-state index contributed by atoms with van der Waals surface area (Å²) in [4.78, 5) is 5.29. The van der Waals surface area contributed by atoms with E-state index in [9.17, 15) is 0 Å². The third kappa shape index (κ3) is 4.25. The zero-order valence-corrected chi connectivity index (χ0v) is 12.2. The van der Waals surface area contributed by atoms with Gasteiger partial charge in [0.2, 0.25) is 0 Å². The van der Waals surface area contributed by atoms with E-state index in [2.05, 4.69) is 23.3 Å². The SMILES string of the molecule is CC(Nc1cccc(OCCCC#N)c1)c1cncs1. The highest BCUT2D eigenvalue weighted by Gasteiger charge is 2.07. The van der Waals surface area contributed by atoms with Crippen LogP contribution in [-0.2, 0) is 0 Å². The first kappa shape index (κ1) is 14.4. The van der Waals surface area contributed by atoms with Gasteiger partial charge in [-0.3, -0.25) is 4.98 Å². The van der Waals surface area contributed by atoms with Gasteiger partial charge in [0.15, 0.2) is 0 Å². The molecule has 0 aliphatic carbocycles. The summed E-state index contributed by atoms with van der Waals surface area (Å²) in [5.74, 6) is 0.824. The van der Waals surface area contributed by atoms with Crippen LogP contribution in [0.15, 0.2) is 36.0 Å². The normalized spacial score (nSPS) is 11.6. The molecule has 0 radical (unpaired) electrons. The van der Waals surface area contributed by atoms with Gasteiger partial charge in [0.05, 0.1) is 24.2 Å². The Hall–Kier alpha value is -2.06. The van der Waals surface area contributed by atoms with Crippen molar-refractivity contribution in [2.24, 2.45) is 0 Å². The molecule has 1 aromatic carbocycles. The van der Waals surface area contributed by atoms with E-state index in [1.807, 2.05) is 36.0 Å². The van der Waals surface area contributed by atoms with Crippen LogP contribution < -0.4 is 10.1 Å². The van der Waals surface area contributed by atoms with Gasteiger partial charge >= 0.3 is 0 Å². The summed E-state index contributed by atoms with van der Waals surface area (Å²) in [6.07, 6.45) is 3.16. The van der Waals surface area contributed by atoms with Crippen molar-refractivity contribution in [1.82, 2.24) is 4.98 Å². The lowest BCUT2D eigenvalue weighted by molar-refractivity contribution is 0.313. The molecular weight excluding hydrogens is 270 g/mol. The minimum absolute atomic E-state index is 0.219. The van der Waals surface area contributed by atoms with Crippen molar-refractivity contribution in [3.63, 3.8) is 0 Å². The molecule has 0 saturated heterocycles. The highest BCUT2D eigenvalue weighted by atomic mass is 32.1. The topological polar surface area (TPSA) is 57.9 Å². The molecule has 0 aliphatic rings. The van der Waals surface area contributed by atoms with Crippen LogP contribution in [0.25, 0.3) is 0 Å². The Morgan fingerprint density at radius 1 is 1.50 bits per heavy atom. The monoisotopic (exact) mass is 287 g/mol. The number of nitriles is 1. The number of hydrogen-bond donors (Lipinski definition) is 1. The third-order valence-electron chi connectivity index (χ3n) is 2.80. The predicted molar refractivity (Wildman–Crippen MR) is 80.9 cm³/mol. The first-order valence-corrected chi connectivity index (χ1v) is 7.42. The first-order chi connectivity index (χ1) is 9.79. The summed E-state index contributed by atoms with van der Waals surface area (Å²) in [5.41, 5.74) is 2.85. The van der Waals surface area contributed by atoms with Crippen LogP contribution in [0.4, 0.5) is 5.69 Å². The fourth-order valence-corrected chi connectivity index (χ4v) is 2.41.